The van der Waals surface area contributed by atoms with Crippen LogP contribution in [0.3, 0.4) is 0 Å². The van der Waals surface area contributed by atoms with Crippen LogP contribution in [0.1, 0.15) is 12.0 Å². The maximum Gasteiger partial charge on any atom is 0.240 e. The minimum atomic E-state index is 0.646. The molecule has 25 heavy (non-hydrogen) atoms. The summed E-state index contributed by atoms with van der Waals surface area (Å²) in [6, 6.07) is 16.3. The van der Waals surface area contributed by atoms with Crippen LogP contribution in [0.25, 0.3) is 10.9 Å². The predicted octanol–water partition coefficient (Wildman–Crippen LogP) is 3.42. The Bertz CT molecular complexity index is 812. The zero-order valence-corrected chi connectivity index (χ0v) is 15.1. The summed E-state index contributed by atoms with van der Waals surface area (Å²) >= 11 is 0. The third kappa shape index (κ3) is 4.31. The van der Waals surface area contributed by atoms with Crippen LogP contribution >= 0.6 is 0 Å². The number of ether oxygens (including phenoxy) is 2. The monoisotopic (exact) mass is 339 g/mol. The van der Waals surface area contributed by atoms with Crippen LogP contribution in [-0.4, -0.2) is 49.0 Å². The van der Waals surface area contributed by atoms with Crippen LogP contribution < -0.4 is 9.47 Å². The number of fused-ring (bicyclic) bond motifs is 1. The lowest BCUT2D eigenvalue weighted by atomic mass is 10.2. The van der Waals surface area contributed by atoms with Crippen LogP contribution in [0.15, 0.2) is 48.5 Å². The van der Waals surface area contributed by atoms with Gasteiger partial charge in [-0.3, -0.25) is 4.68 Å². The van der Waals surface area contributed by atoms with Crippen molar-refractivity contribution in [1.29, 1.82) is 0 Å². The Morgan fingerprint density at radius 3 is 2.60 bits per heavy atom. The lowest BCUT2D eigenvalue weighted by molar-refractivity contribution is 0.273. The minimum Gasteiger partial charge on any atom is -0.497 e. The Hall–Kier alpha value is -2.53. The van der Waals surface area contributed by atoms with E-state index >= 15 is 0 Å². The Labute approximate surface area is 148 Å². The van der Waals surface area contributed by atoms with Crippen molar-refractivity contribution >= 4 is 10.9 Å². The lowest BCUT2D eigenvalue weighted by Gasteiger charge is -2.09. The van der Waals surface area contributed by atoms with E-state index in [0.29, 0.717) is 19.0 Å². The molecule has 1 heterocycles. The number of benzene rings is 2. The van der Waals surface area contributed by atoms with Gasteiger partial charge in [0.15, 0.2) is 0 Å². The highest BCUT2D eigenvalue weighted by Crippen LogP contribution is 2.29. The molecule has 0 aliphatic heterocycles. The van der Waals surface area contributed by atoms with E-state index in [9.17, 15) is 0 Å². The maximum absolute atomic E-state index is 5.97. The molecule has 0 amide bonds. The van der Waals surface area contributed by atoms with Gasteiger partial charge in [0.05, 0.1) is 31.2 Å². The summed E-state index contributed by atoms with van der Waals surface area (Å²) in [5.74, 6) is 1.48. The first-order valence-electron chi connectivity index (χ1n) is 8.53. The lowest BCUT2D eigenvalue weighted by Crippen LogP contribution is -2.15. The van der Waals surface area contributed by atoms with E-state index in [1.54, 1.807) is 7.11 Å². The summed E-state index contributed by atoms with van der Waals surface area (Å²) in [6.07, 6.45) is 0.962. The number of aromatic nitrogens is 2. The van der Waals surface area contributed by atoms with Gasteiger partial charge >= 0.3 is 0 Å². The zero-order valence-electron chi connectivity index (χ0n) is 15.1. The molecule has 3 aromatic rings. The molecular formula is C20H25N3O2. The molecule has 0 N–H and O–H groups in total. The third-order valence-corrected chi connectivity index (χ3v) is 4.09. The van der Waals surface area contributed by atoms with Crippen molar-refractivity contribution in [1.82, 2.24) is 14.7 Å². The Balaban J connectivity index is 1.86. The van der Waals surface area contributed by atoms with Crippen molar-refractivity contribution in [2.75, 3.05) is 34.4 Å². The number of methoxy groups -OCH3 is 1. The fourth-order valence-electron chi connectivity index (χ4n) is 2.79. The molecule has 132 valence electrons. The highest BCUT2D eigenvalue weighted by Gasteiger charge is 2.13. The average Bonchev–Trinajstić information content (AvgIpc) is 2.96. The van der Waals surface area contributed by atoms with Gasteiger partial charge in [-0.2, -0.15) is 0 Å². The van der Waals surface area contributed by atoms with Crippen LogP contribution in [0.2, 0.25) is 0 Å². The second-order valence-corrected chi connectivity index (χ2v) is 6.34. The summed E-state index contributed by atoms with van der Waals surface area (Å²) in [4.78, 5) is 2.15. The van der Waals surface area contributed by atoms with Gasteiger partial charge in [0.2, 0.25) is 5.88 Å². The van der Waals surface area contributed by atoms with Crippen LogP contribution in [0.5, 0.6) is 11.6 Å². The molecule has 0 fully saturated rings. The van der Waals surface area contributed by atoms with Crippen LogP contribution in [0.4, 0.5) is 0 Å². The highest BCUT2D eigenvalue weighted by atomic mass is 16.5. The van der Waals surface area contributed by atoms with Crippen molar-refractivity contribution < 1.29 is 9.47 Å². The fourth-order valence-corrected chi connectivity index (χ4v) is 2.79. The first kappa shape index (κ1) is 17.3. The van der Waals surface area contributed by atoms with E-state index in [2.05, 4.69) is 31.1 Å². The van der Waals surface area contributed by atoms with Crippen LogP contribution in [0, 0.1) is 0 Å². The first-order valence-corrected chi connectivity index (χ1v) is 8.53. The molecule has 5 heteroatoms. The second kappa shape index (κ2) is 8.03. The van der Waals surface area contributed by atoms with Crippen molar-refractivity contribution in [2.45, 2.75) is 13.0 Å². The molecule has 0 saturated carbocycles. The summed E-state index contributed by atoms with van der Waals surface area (Å²) < 4.78 is 13.3. The van der Waals surface area contributed by atoms with Gasteiger partial charge in [-0.05, 0) is 44.3 Å². The molecule has 0 aliphatic carbocycles. The predicted molar refractivity (Wildman–Crippen MR) is 100 cm³/mol. The summed E-state index contributed by atoms with van der Waals surface area (Å²) in [5.41, 5.74) is 2.26. The van der Waals surface area contributed by atoms with Crippen molar-refractivity contribution in [3.8, 4) is 11.6 Å². The molecule has 0 saturated heterocycles. The van der Waals surface area contributed by atoms with E-state index in [1.165, 1.54) is 5.56 Å². The Morgan fingerprint density at radius 1 is 1.08 bits per heavy atom. The number of hydrogen-bond donors (Lipinski definition) is 0. The molecule has 0 unspecified atom stereocenters. The van der Waals surface area contributed by atoms with E-state index in [0.717, 1.165) is 29.6 Å². The molecule has 5 nitrogen and oxygen atoms in total. The molecule has 0 aliphatic rings. The largest absolute Gasteiger partial charge is 0.497 e. The smallest absolute Gasteiger partial charge is 0.240 e. The quantitative estimate of drug-likeness (QED) is 0.590. The molecule has 3 rings (SSSR count). The molecule has 0 bridgehead atoms. The van der Waals surface area contributed by atoms with Gasteiger partial charge in [-0.1, -0.05) is 30.3 Å². The van der Waals surface area contributed by atoms with Gasteiger partial charge in [0.25, 0.3) is 0 Å². The van der Waals surface area contributed by atoms with Crippen molar-refractivity contribution in [3.63, 3.8) is 0 Å². The van der Waals surface area contributed by atoms with E-state index in [4.69, 9.17) is 14.6 Å². The maximum atomic E-state index is 5.97. The summed E-state index contributed by atoms with van der Waals surface area (Å²) in [5, 5.41) is 5.69. The normalized spacial score (nSPS) is 11.2. The standard InChI is InChI=1S/C20H25N3O2/c1-22(2)12-7-13-25-20-18-14-17(24-3)10-11-19(18)23(21-20)15-16-8-5-4-6-9-16/h4-6,8-11,14H,7,12-13,15H2,1-3H3. The van der Waals surface area contributed by atoms with Gasteiger partial charge in [0.1, 0.15) is 5.75 Å². The van der Waals surface area contributed by atoms with E-state index in [1.807, 2.05) is 41.1 Å². The Morgan fingerprint density at radius 2 is 1.88 bits per heavy atom. The third-order valence-electron chi connectivity index (χ3n) is 4.09. The van der Waals surface area contributed by atoms with Gasteiger partial charge < -0.3 is 14.4 Å². The molecule has 0 atom stereocenters. The molecule has 1 aromatic heterocycles. The van der Waals surface area contributed by atoms with Gasteiger partial charge in [-0.25, -0.2) is 0 Å². The number of rotatable bonds is 8. The Kier molecular flexibility index (Phi) is 5.56. The fraction of sp³-hybridized carbons (Fsp3) is 0.350. The van der Waals surface area contributed by atoms with Gasteiger partial charge in [0, 0.05) is 6.54 Å². The van der Waals surface area contributed by atoms with Crippen molar-refractivity contribution in [3.05, 3.63) is 54.1 Å². The van der Waals surface area contributed by atoms with Crippen molar-refractivity contribution in [2.24, 2.45) is 0 Å². The first-order chi connectivity index (χ1) is 12.2. The topological polar surface area (TPSA) is 39.5 Å². The minimum absolute atomic E-state index is 0.646. The second-order valence-electron chi connectivity index (χ2n) is 6.34. The highest BCUT2D eigenvalue weighted by molar-refractivity contribution is 5.86. The molecular weight excluding hydrogens is 314 g/mol. The van der Waals surface area contributed by atoms with E-state index in [-0.39, 0.29) is 0 Å². The SMILES string of the molecule is COc1ccc2c(c1)c(OCCCN(C)C)nn2Cc1ccccc1. The summed E-state index contributed by atoms with van der Waals surface area (Å²) in [6.45, 7) is 2.35. The van der Waals surface area contributed by atoms with Gasteiger partial charge in [-0.15, -0.1) is 5.10 Å². The summed E-state index contributed by atoms with van der Waals surface area (Å²) in [7, 11) is 5.80. The van der Waals surface area contributed by atoms with E-state index < -0.39 is 0 Å². The number of nitrogens with zero attached hydrogens (tertiary/aromatic N) is 3. The molecule has 0 spiro atoms. The molecule has 2 aromatic carbocycles. The van der Waals surface area contributed by atoms with Crippen LogP contribution in [-0.2, 0) is 6.54 Å². The zero-order chi connectivity index (χ0) is 17.6. The number of hydrogen-bond acceptors (Lipinski definition) is 4. The average molecular weight is 339 g/mol. The molecule has 0 radical (unpaired) electrons.